The second kappa shape index (κ2) is 11.5. The van der Waals surface area contributed by atoms with Gasteiger partial charge in [0.15, 0.2) is 0 Å². The van der Waals surface area contributed by atoms with Crippen LogP contribution in [0, 0.1) is 5.82 Å². The Bertz CT molecular complexity index is 1270. The third-order valence-corrected chi connectivity index (χ3v) is 7.04. The lowest BCUT2D eigenvalue weighted by molar-refractivity contribution is -0.152. The molecular formula is C26H29ClFN5O4. The Labute approximate surface area is 219 Å². The highest BCUT2D eigenvalue weighted by Crippen LogP contribution is 2.30. The van der Waals surface area contributed by atoms with Crippen LogP contribution in [-0.2, 0) is 9.53 Å². The number of piperidine rings is 1. The Balaban J connectivity index is 1.23. The number of carbonyl (C=O) groups is 1. The summed E-state index contributed by atoms with van der Waals surface area (Å²) >= 11 is 5.95. The molecule has 2 aliphatic heterocycles. The maximum atomic E-state index is 13.6. The summed E-state index contributed by atoms with van der Waals surface area (Å²) < 4.78 is 30.0. The van der Waals surface area contributed by atoms with Crippen molar-refractivity contribution in [1.29, 1.82) is 0 Å². The normalized spacial score (nSPS) is 17.5. The number of anilines is 2. The lowest BCUT2D eigenvalue weighted by atomic mass is 10.0. The molecule has 0 radical (unpaired) electrons. The zero-order chi connectivity index (χ0) is 25.8. The molecule has 11 heteroatoms. The molecule has 1 aromatic heterocycles. The molecule has 0 unspecified atom stereocenters. The topological polar surface area (TPSA) is 89.0 Å². The maximum absolute atomic E-state index is 13.6. The molecule has 3 heterocycles. The van der Waals surface area contributed by atoms with Crippen molar-refractivity contribution in [2.24, 2.45) is 0 Å². The Morgan fingerprint density at radius 1 is 1.16 bits per heavy atom. The number of esters is 1. The highest BCUT2D eigenvalue weighted by molar-refractivity contribution is 6.31. The molecule has 37 heavy (non-hydrogen) atoms. The first-order valence-electron chi connectivity index (χ1n) is 12.3. The van der Waals surface area contributed by atoms with Crippen molar-refractivity contribution < 1.29 is 23.4 Å². The van der Waals surface area contributed by atoms with Gasteiger partial charge in [0.25, 0.3) is 0 Å². The fourth-order valence-electron chi connectivity index (χ4n) is 4.74. The largest absolute Gasteiger partial charge is 0.497 e. The van der Waals surface area contributed by atoms with Crippen molar-refractivity contribution in [2.45, 2.75) is 18.9 Å². The van der Waals surface area contributed by atoms with E-state index in [1.54, 1.807) is 13.2 Å². The van der Waals surface area contributed by atoms with Crippen LogP contribution in [0.1, 0.15) is 12.8 Å². The highest BCUT2D eigenvalue weighted by Gasteiger charge is 2.28. The van der Waals surface area contributed by atoms with E-state index in [0.29, 0.717) is 48.6 Å². The average molecular weight is 530 g/mol. The molecule has 0 atom stereocenters. The van der Waals surface area contributed by atoms with E-state index in [1.165, 1.54) is 12.1 Å². The van der Waals surface area contributed by atoms with Crippen molar-refractivity contribution in [3.05, 3.63) is 47.2 Å². The van der Waals surface area contributed by atoms with Gasteiger partial charge in [-0.3, -0.25) is 14.6 Å². The highest BCUT2D eigenvalue weighted by atomic mass is 35.5. The van der Waals surface area contributed by atoms with Gasteiger partial charge in [-0.05, 0) is 56.3 Å². The average Bonchev–Trinajstić information content (AvgIpc) is 2.91. The Hall–Kier alpha value is -3.21. The van der Waals surface area contributed by atoms with E-state index >= 15 is 0 Å². The van der Waals surface area contributed by atoms with E-state index in [-0.39, 0.29) is 17.0 Å². The van der Waals surface area contributed by atoms with E-state index < -0.39 is 5.82 Å². The molecule has 5 rings (SSSR count). The second-order valence-electron chi connectivity index (χ2n) is 9.10. The minimum absolute atomic E-state index is 0.0190. The number of halogens is 2. The monoisotopic (exact) mass is 529 g/mol. The van der Waals surface area contributed by atoms with Gasteiger partial charge in [-0.2, -0.15) is 9.97 Å². The number of nitrogens with zero attached hydrogens (tertiary/aromatic N) is 4. The molecular weight excluding hydrogens is 501 g/mol. The quantitative estimate of drug-likeness (QED) is 0.437. The molecule has 0 bridgehead atoms. The number of cyclic esters (lactones) is 1. The third kappa shape index (κ3) is 6.20. The van der Waals surface area contributed by atoms with Crippen LogP contribution in [0.15, 0.2) is 36.4 Å². The molecule has 0 saturated carbocycles. The molecule has 2 fully saturated rings. The van der Waals surface area contributed by atoms with Crippen molar-refractivity contribution >= 4 is 40.0 Å². The number of methoxy groups -OCH3 is 1. The first kappa shape index (κ1) is 25.4. The predicted molar refractivity (Wildman–Crippen MR) is 138 cm³/mol. The van der Waals surface area contributed by atoms with Gasteiger partial charge in [-0.25, -0.2) is 4.39 Å². The zero-order valence-electron chi connectivity index (χ0n) is 20.6. The van der Waals surface area contributed by atoms with Gasteiger partial charge in [0.1, 0.15) is 30.6 Å². The summed E-state index contributed by atoms with van der Waals surface area (Å²) in [6.07, 6.45) is 2.02. The van der Waals surface area contributed by atoms with Crippen molar-refractivity contribution in [3.8, 4) is 11.8 Å². The first-order chi connectivity index (χ1) is 18.0. The Morgan fingerprint density at radius 3 is 2.76 bits per heavy atom. The SMILES string of the molecule is COc1ccc2c(Nc3ccc(F)c(Cl)c3)nc(OCCN3CCC(N4CCOC(=O)C4)CC3)nc2c1. The number of morpholine rings is 1. The molecule has 1 N–H and O–H groups in total. The predicted octanol–water partition coefficient (Wildman–Crippen LogP) is 3.88. The number of aromatic nitrogens is 2. The number of hydrogen-bond acceptors (Lipinski definition) is 9. The fraction of sp³-hybridized carbons (Fsp3) is 0.423. The fourth-order valence-corrected chi connectivity index (χ4v) is 4.92. The standard InChI is InChI=1S/C26H29ClFN5O4/c1-35-19-3-4-20-23(15-19)30-26(31-25(20)29-17-2-5-22(28)21(27)14-17)37-12-10-32-8-6-18(7-9-32)33-11-13-36-24(34)16-33/h2-5,14-15,18H,6-13,16H2,1H3,(H,29,30,31). The van der Waals surface area contributed by atoms with Gasteiger partial charge in [0.2, 0.25) is 0 Å². The van der Waals surface area contributed by atoms with Gasteiger partial charge >= 0.3 is 12.0 Å². The smallest absolute Gasteiger partial charge is 0.320 e. The van der Waals surface area contributed by atoms with Gasteiger partial charge in [-0.1, -0.05) is 11.6 Å². The van der Waals surface area contributed by atoms with E-state index in [9.17, 15) is 9.18 Å². The van der Waals surface area contributed by atoms with Crippen LogP contribution in [-0.4, -0.2) is 84.8 Å². The van der Waals surface area contributed by atoms with Crippen molar-refractivity contribution in [1.82, 2.24) is 19.8 Å². The van der Waals surface area contributed by atoms with Crippen LogP contribution in [0.25, 0.3) is 10.9 Å². The molecule has 0 spiro atoms. The van der Waals surface area contributed by atoms with Crippen LogP contribution in [0.4, 0.5) is 15.9 Å². The van der Waals surface area contributed by atoms with E-state index in [1.807, 2.05) is 18.2 Å². The van der Waals surface area contributed by atoms with Gasteiger partial charge in [-0.15, -0.1) is 0 Å². The molecule has 2 saturated heterocycles. The van der Waals surface area contributed by atoms with Gasteiger partial charge < -0.3 is 19.5 Å². The molecule has 2 aromatic carbocycles. The summed E-state index contributed by atoms with van der Waals surface area (Å²) in [6.45, 7) is 4.72. The second-order valence-corrected chi connectivity index (χ2v) is 9.51. The molecule has 2 aliphatic rings. The minimum atomic E-state index is -0.490. The zero-order valence-corrected chi connectivity index (χ0v) is 21.3. The van der Waals surface area contributed by atoms with Crippen LogP contribution in [0.3, 0.4) is 0 Å². The van der Waals surface area contributed by atoms with Crippen molar-refractivity contribution in [2.75, 3.05) is 58.4 Å². The van der Waals surface area contributed by atoms with E-state index in [0.717, 1.165) is 44.4 Å². The summed E-state index contributed by atoms with van der Waals surface area (Å²) in [6, 6.07) is 10.5. The Morgan fingerprint density at radius 2 is 2.00 bits per heavy atom. The van der Waals surface area contributed by atoms with Crippen LogP contribution < -0.4 is 14.8 Å². The van der Waals surface area contributed by atoms with E-state index in [2.05, 4.69) is 25.1 Å². The molecule has 196 valence electrons. The molecule has 3 aromatic rings. The number of ether oxygens (including phenoxy) is 3. The Kier molecular flexibility index (Phi) is 7.87. The van der Waals surface area contributed by atoms with Gasteiger partial charge in [0, 0.05) is 36.3 Å². The first-order valence-corrected chi connectivity index (χ1v) is 12.7. The number of fused-ring (bicyclic) bond motifs is 1. The van der Waals surface area contributed by atoms with Crippen molar-refractivity contribution in [3.63, 3.8) is 0 Å². The number of rotatable bonds is 8. The summed E-state index contributed by atoms with van der Waals surface area (Å²) in [4.78, 5) is 25.3. The molecule has 0 amide bonds. The lowest BCUT2D eigenvalue weighted by Crippen LogP contribution is -2.50. The number of likely N-dealkylation sites (tertiary alicyclic amines) is 1. The number of nitrogens with one attached hydrogen (secondary N) is 1. The van der Waals surface area contributed by atoms with E-state index in [4.69, 9.17) is 25.8 Å². The number of benzene rings is 2. The summed E-state index contributed by atoms with van der Waals surface area (Å²) in [5, 5.41) is 3.98. The van der Waals surface area contributed by atoms with Crippen LogP contribution in [0.2, 0.25) is 5.02 Å². The summed E-state index contributed by atoms with van der Waals surface area (Å²) in [5.41, 5.74) is 1.25. The maximum Gasteiger partial charge on any atom is 0.320 e. The third-order valence-electron chi connectivity index (χ3n) is 6.75. The minimum Gasteiger partial charge on any atom is -0.497 e. The molecule has 9 nitrogen and oxygen atoms in total. The van der Waals surface area contributed by atoms with Crippen LogP contribution >= 0.6 is 11.6 Å². The number of carbonyl (C=O) groups excluding carboxylic acids is 1. The number of hydrogen-bond donors (Lipinski definition) is 1. The van der Waals surface area contributed by atoms with Crippen LogP contribution in [0.5, 0.6) is 11.8 Å². The lowest BCUT2D eigenvalue weighted by Gasteiger charge is -2.39. The summed E-state index contributed by atoms with van der Waals surface area (Å²) in [5.74, 6) is 0.562. The summed E-state index contributed by atoms with van der Waals surface area (Å²) in [7, 11) is 1.60. The molecule has 0 aliphatic carbocycles. The van der Waals surface area contributed by atoms with Gasteiger partial charge in [0.05, 0.1) is 24.2 Å².